The monoisotopic (exact) mass is 344 g/mol. The maximum atomic E-state index is 13.7. The molecular formula is C16H22F2N2O2S. The third kappa shape index (κ3) is 3.85. The molecule has 1 aromatic rings. The maximum Gasteiger partial charge on any atom is 0.159 e. The molecule has 128 valence electrons. The number of fused-ring (bicyclic) bond motifs is 1. The van der Waals surface area contributed by atoms with Crippen LogP contribution in [-0.2, 0) is 16.1 Å². The number of benzene rings is 1. The Morgan fingerprint density at radius 1 is 1.30 bits per heavy atom. The van der Waals surface area contributed by atoms with Gasteiger partial charge in [-0.1, -0.05) is 0 Å². The molecule has 1 aliphatic heterocycles. The van der Waals surface area contributed by atoms with Crippen LogP contribution in [0.15, 0.2) is 18.3 Å². The Labute approximate surface area is 138 Å². The van der Waals surface area contributed by atoms with Gasteiger partial charge in [0.05, 0.1) is 6.04 Å². The number of ether oxygens (including phenoxy) is 1. The summed E-state index contributed by atoms with van der Waals surface area (Å²) >= 11 is -1.28. The van der Waals surface area contributed by atoms with Gasteiger partial charge in [0.25, 0.3) is 0 Å². The molecule has 0 saturated carbocycles. The van der Waals surface area contributed by atoms with Crippen LogP contribution in [0.2, 0.25) is 0 Å². The molecule has 0 radical (unpaired) electrons. The first-order valence-corrected chi connectivity index (χ1v) is 8.46. The Morgan fingerprint density at radius 2 is 1.91 bits per heavy atom. The van der Waals surface area contributed by atoms with E-state index in [-0.39, 0.29) is 6.04 Å². The van der Waals surface area contributed by atoms with Gasteiger partial charge in [0.2, 0.25) is 0 Å². The highest BCUT2D eigenvalue weighted by Crippen LogP contribution is 2.33. The van der Waals surface area contributed by atoms with Crippen molar-refractivity contribution in [2.75, 3.05) is 7.11 Å². The molecule has 2 unspecified atom stereocenters. The summed E-state index contributed by atoms with van der Waals surface area (Å²) in [5.41, 5.74) is 1.75. The first-order chi connectivity index (χ1) is 10.6. The number of hydrogen-bond donors (Lipinski definition) is 2. The topological polar surface area (TPSA) is 56.3 Å². The minimum Gasteiger partial charge on any atom is -0.598 e. The van der Waals surface area contributed by atoms with Crippen molar-refractivity contribution in [1.29, 1.82) is 0 Å². The second-order valence-electron chi connectivity index (χ2n) is 6.46. The smallest absolute Gasteiger partial charge is 0.159 e. The van der Waals surface area contributed by atoms with Crippen molar-refractivity contribution in [2.45, 2.75) is 44.7 Å². The maximum absolute atomic E-state index is 13.7. The second kappa shape index (κ2) is 6.76. The van der Waals surface area contributed by atoms with Crippen molar-refractivity contribution in [2.24, 2.45) is 0 Å². The Kier molecular flexibility index (Phi) is 5.35. The number of rotatable bonds is 4. The van der Waals surface area contributed by atoms with Gasteiger partial charge in [-0.15, -0.1) is 4.72 Å². The van der Waals surface area contributed by atoms with E-state index in [9.17, 15) is 13.3 Å². The van der Waals surface area contributed by atoms with Crippen LogP contribution in [0, 0.1) is 11.6 Å². The van der Waals surface area contributed by atoms with Crippen molar-refractivity contribution >= 4 is 16.9 Å². The molecule has 0 bridgehead atoms. The molecule has 1 aromatic carbocycles. The molecule has 1 aliphatic rings. The summed E-state index contributed by atoms with van der Waals surface area (Å²) in [4.78, 5) is 0. The molecule has 2 rings (SSSR count). The highest BCUT2D eigenvalue weighted by atomic mass is 32.2. The summed E-state index contributed by atoms with van der Waals surface area (Å²) in [7, 11) is 1.48. The van der Waals surface area contributed by atoms with E-state index in [0.29, 0.717) is 16.7 Å². The minimum absolute atomic E-state index is 0.316. The zero-order valence-electron chi connectivity index (χ0n) is 13.9. The first kappa shape index (κ1) is 18.2. The summed E-state index contributed by atoms with van der Waals surface area (Å²) in [5, 5.41) is 3.00. The van der Waals surface area contributed by atoms with Gasteiger partial charge in [0.1, 0.15) is 4.75 Å². The van der Waals surface area contributed by atoms with Gasteiger partial charge < -0.3 is 14.6 Å². The van der Waals surface area contributed by atoms with Gasteiger partial charge in [0.15, 0.2) is 17.9 Å². The van der Waals surface area contributed by atoms with E-state index >= 15 is 0 Å². The van der Waals surface area contributed by atoms with Crippen molar-refractivity contribution in [1.82, 2.24) is 10.0 Å². The van der Waals surface area contributed by atoms with E-state index in [4.69, 9.17) is 4.74 Å². The van der Waals surface area contributed by atoms with Gasteiger partial charge in [-0.3, -0.25) is 0 Å². The Morgan fingerprint density at radius 3 is 2.48 bits per heavy atom. The molecule has 1 heterocycles. The lowest BCUT2D eigenvalue weighted by Crippen LogP contribution is -2.44. The van der Waals surface area contributed by atoms with Crippen molar-refractivity contribution < 1.29 is 18.1 Å². The number of methoxy groups -OCH3 is 1. The average Bonchev–Trinajstić information content (AvgIpc) is 2.46. The largest absolute Gasteiger partial charge is 0.598 e. The quantitative estimate of drug-likeness (QED) is 0.825. The lowest BCUT2D eigenvalue weighted by atomic mass is 9.92. The summed E-state index contributed by atoms with van der Waals surface area (Å²) < 4.78 is 47.3. The first-order valence-electron chi connectivity index (χ1n) is 7.31. The molecule has 0 aromatic heterocycles. The molecular weight excluding hydrogens is 322 g/mol. The van der Waals surface area contributed by atoms with E-state index in [2.05, 4.69) is 10.0 Å². The third-order valence-corrected chi connectivity index (χ3v) is 5.30. The van der Waals surface area contributed by atoms with Crippen LogP contribution in [0.5, 0.6) is 0 Å². The summed E-state index contributed by atoms with van der Waals surface area (Å²) in [6.07, 6.45) is 1.13. The number of hydrogen-bond acceptors (Lipinski definition) is 4. The summed E-state index contributed by atoms with van der Waals surface area (Å²) in [6, 6.07) is 1.97. The molecule has 0 aliphatic carbocycles. The molecule has 2 N–H and O–H groups in total. The van der Waals surface area contributed by atoms with E-state index in [1.165, 1.54) is 7.11 Å². The normalized spacial score (nSPS) is 20.3. The Bertz CT molecular complexity index is 617. The third-order valence-electron chi connectivity index (χ3n) is 3.62. The molecule has 0 amide bonds. The molecule has 23 heavy (non-hydrogen) atoms. The predicted octanol–water partition coefficient (Wildman–Crippen LogP) is 2.99. The van der Waals surface area contributed by atoms with Crippen molar-refractivity contribution in [3.05, 3.63) is 41.1 Å². The molecule has 0 fully saturated rings. The molecule has 4 nitrogen and oxygen atoms in total. The molecule has 7 heteroatoms. The predicted molar refractivity (Wildman–Crippen MR) is 87.7 cm³/mol. The van der Waals surface area contributed by atoms with Crippen LogP contribution in [0.25, 0.3) is 5.57 Å². The van der Waals surface area contributed by atoms with Gasteiger partial charge in [-0.05, 0) is 51.0 Å². The SMILES string of the molecule is COC1NC=C(C(C)N[S@@+]([O-])C(C)(C)C)c2cc(F)c(F)cc21. The van der Waals surface area contributed by atoms with Crippen LogP contribution < -0.4 is 10.0 Å². The standard InChI is InChI=1S/C16H22F2N2O2S/c1-9(20-23(21)16(2,3)4)12-8-19-15(22-5)11-7-14(18)13(17)6-10(11)12/h6-9,15,19-20H,1-5H3/t9?,15?,23-/m0/s1. The fourth-order valence-electron chi connectivity index (χ4n) is 2.32. The Balaban J connectivity index is 2.35. The van der Waals surface area contributed by atoms with Crippen LogP contribution in [-0.4, -0.2) is 22.5 Å². The lowest BCUT2D eigenvalue weighted by Gasteiger charge is -2.31. The van der Waals surface area contributed by atoms with Crippen LogP contribution >= 0.6 is 0 Å². The van der Waals surface area contributed by atoms with Crippen molar-refractivity contribution in [3.8, 4) is 0 Å². The summed E-state index contributed by atoms with van der Waals surface area (Å²) in [5.74, 6) is -1.84. The van der Waals surface area contributed by atoms with E-state index in [0.717, 1.165) is 12.1 Å². The van der Waals surface area contributed by atoms with E-state index < -0.39 is 34.0 Å². The van der Waals surface area contributed by atoms with E-state index in [1.54, 1.807) is 6.20 Å². The second-order valence-corrected chi connectivity index (χ2v) is 8.45. The van der Waals surface area contributed by atoms with Crippen LogP contribution in [0.1, 0.15) is 45.0 Å². The van der Waals surface area contributed by atoms with Gasteiger partial charge in [-0.2, -0.15) is 0 Å². The number of nitrogens with one attached hydrogen (secondary N) is 2. The zero-order chi connectivity index (χ0) is 17.4. The van der Waals surface area contributed by atoms with Crippen molar-refractivity contribution in [3.63, 3.8) is 0 Å². The van der Waals surface area contributed by atoms with Gasteiger partial charge in [0, 0.05) is 30.2 Å². The fourth-order valence-corrected chi connectivity index (χ4v) is 3.12. The highest BCUT2D eigenvalue weighted by molar-refractivity contribution is 7.90. The Hall–Kier alpha value is -1.15. The lowest BCUT2D eigenvalue weighted by molar-refractivity contribution is 0.0840. The molecule has 3 atom stereocenters. The van der Waals surface area contributed by atoms with E-state index in [1.807, 2.05) is 27.7 Å². The van der Waals surface area contributed by atoms with Crippen LogP contribution in [0.3, 0.4) is 0 Å². The molecule has 0 spiro atoms. The van der Waals surface area contributed by atoms with Gasteiger partial charge >= 0.3 is 0 Å². The van der Waals surface area contributed by atoms with Gasteiger partial charge in [-0.25, -0.2) is 8.78 Å². The number of halogens is 2. The fraction of sp³-hybridized carbons (Fsp3) is 0.500. The van der Waals surface area contributed by atoms with Crippen LogP contribution in [0.4, 0.5) is 8.78 Å². The molecule has 0 saturated heterocycles. The highest BCUT2D eigenvalue weighted by Gasteiger charge is 2.32. The zero-order valence-corrected chi connectivity index (χ0v) is 14.7. The minimum atomic E-state index is -1.28. The summed E-state index contributed by atoms with van der Waals surface area (Å²) in [6.45, 7) is 7.41. The average molecular weight is 344 g/mol.